The van der Waals surface area contributed by atoms with Crippen LogP contribution < -0.4 is 5.32 Å². The molecule has 3 rings (SSSR count). The largest absolute Gasteiger partial charge is 0.469 e. The number of furan rings is 2. The van der Waals surface area contributed by atoms with E-state index in [4.69, 9.17) is 8.83 Å². The third-order valence-corrected chi connectivity index (χ3v) is 3.97. The van der Waals surface area contributed by atoms with Crippen LogP contribution in [0.25, 0.3) is 0 Å². The molecule has 0 saturated heterocycles. The summed E-state index contributed by atoms with van der Waals surface area (Å²) in [5.74, 6) is 0.952. The van der Waals surface area contributed by atoms with Crippen molar-refractivity contribution in [1.29, 1.82) is 0 Å². The molecule has 0 radical (unpaired) electrons. The number of carbonyl (C=O) groups excluding carboxylic acids is 1. The lowest BCUT2D eigenvalue weighted by molar-refractivity contribution is 0.0924. The Bertz CT molecular complexity index is 608. The summed E-state index contributed by atoms with van der Waals surface area (Å²) in [7, 11) is 0. The normalized spacial score (nSPS) is 11.4. The smallest absolute Gasteiger partial charge is 0.287 e. The molecule has 1 atom stereocenters. The van der Waals surface area contributed by atoms with Crippen LogP contribution in [0.1, 0.15) is 41.0 Å². The number of rotatable bonds is 5. The van der Waals surface area contributed by atoms with Crippen LogP contribution in [-0.4, -0.2) is 12.5 Å². The first-order chi connectivity index (χ1) is 10.8. The van der Waals surface area contributed by atoms with E-state index in [2.05, 4.69) is 5.32 Å². The third-order valence-electron chi connectivity index (χ3n) is 2.98. The summed E-state index contributed by atoms with van der Waals surface area (Å²) in [6.45, 7) is 4.47. The molecule has 0 aliphatic heterocycles. The van der Waals surface area contributed by atoms with Crippen LogP contribution in [0, 0.1) is 0 Å². The van der Waals surface area contributed by atoms with Crippen molar-refractivity contribution in [3.8, 4) is 0 Å². The molecule has 0 aromatic carbocycles. The maximum absolute atomic E-state index is 11.9. The lowest BCUT2D eigenvalue weighted by Gasteiger charge is -2.13. The Labute approximate surface area is 133 Å². The second-order valence-electron chi connectivity index (χ2n) is 4.27. The Kier molecular flexibility index (Phi) is 6.03. The molecule has 3 aromatic rings. The Balaban J connectivity index is 0.000000847. The minimum Gasteiger partial charge on any atom is -0.469 e. The fraction of sp³-hybridized carbons (Fsp3) is 0.235. The summed E-state index contributed by atoms with van der Waals surface area (Å²) in [5, 5.41) is 4.89. The maximum Gasteiger partial charge on any atom is 0.287 e. The van der Waals surface area contributed by atoms with Crippen LogP contribution in [-0.2, 0) is 0 Å². The van der Waals surface area contributed by atoms with Crippen LogP contribution in [0.5, 0.6) is 0 Å². The number of thiophene rings is 1. The molecule has 0 aliphatic rings. The van der Waals surface area contributed by atoms with E-state index in [1.165, 1.54) is 6.26 Å². The molecule has 4 nitrogen and oxygen atoms in total. The molecule has 0 aliphatic carbocycles. The first-order valence-corrected chi connectivity index (χ1v) is 8.11. The second-order valence-corrected chi connectivity index (χ2v) is 5.25. The summed E-state index contributed by atoms with van der Waals surface area (Å²) in [6.07, 6.45) is 3.13. The molecular formula is C17H19NO3S. The van der Waals surface area contributed by atoms with Gasteiger partial charge in [-0.05, 0) is 35.7 Å². The van der Waals surface area contributed by atoms with Crippen molar-refractivity contribution in [3.63, 3.8) is 0 Å². The van der Waals surface area contributed by atoms with Crippen molar-refractivity contribution in [2.75, 3.05) is 6.54 Å². The molecule has 1 amide bonds. The molecule has 0 saturated carbocycles. The lowest BCUT2D eigenvalue weighted by Crippen LogP contribution is -2.28. The van der Waals surface area contributed by atoms with Crippen LogP contribution in [0.15, 0.2) is 63.1 Å². The highest BCUT2D eigenvalue weighted by atomic mass is 32.1. The standard InChI is InChI=1S/C15H13NO3S.C2H6/c17-15(13-5-2-8-19-13)16-10-11(12-4-1-7-18-12)14-6-3-9-20-14;1-2/h1-9,11H,10H2,(H,16,17);1-2H3. The van der Waals surface area contributed by atoms with Crippen LogP contribution >= 0.6 is 11.3 Å². The zero-order valence-electron chi connectivity index (χ0n) is 12.6. The summed E-state index contributed by atoms with van der Waals surface area (Å²) in [4.78, 5) is 13.1. The van der Waals surface area contributed by atoms with Crippen molar-refractivity contribution in [3.05, 3.63) is 70.7 Å². The van der Waals surface area contributed by atoms with E-state index in [1.54, 1.807) is 29.7 Å². The van der Waals surface area contributed by atoms with Gasteiger partial charge in [-0.2, -0.15) is 0 Å². The monoisotopic (exact) mass is 317 g/mol. The average molecular weight is 317 g/mol. The minimum absolute atomic E-state index is 0.0175. The summed E-state index contributed by atoms with van der Waals surface area (Å²) in [6, 6.07) is 11.1. The molecule has 3 heterocycles. The van der Waals surface area contributed by atoms with Gasteiger partial charge in [0.25, 0.3) is 5.91 Å². The predicted octanol–water partition coefficient (Wildman–Crippen LogP) is 4.52. The van der Waals surface area contributed by atoms with E-state index in [1.807, 2.05) is 43.5 Å². The highest BCUT2D eigenvalue weighted by Crippen LogP contribution is 2.28. The van der Waals surface area contributed by atoms with Gasteiger partial charge in [-0.25, -0.2) is 0 Å². The van der Waals surface area contributed by atoms with Gasteiger partial charge < -0.3 is 14.2 Å². The number of amides is 1. The summed E-state index contributed by atoms with van der Waals surface area (Å²) in [5.41, 5.74) is 0. The fourth-order valence-electron chi connectivity index (χ4n) is 2.01. The van der Waals surface area contributed by atoms with Gasteiger partial charge >= 0.3 is 0 Å². The van der Waals surface area contributed by atoms with Crippen LogP contribution in [0.4, 0.5) is 0 Å². The van der Waals surface area contributed by atoms with Crippen molar-refractivity contribution in [2.45, 2.75) is 19.8 Å². The Morgan fingerprint density at radius 2 is 1.91 bits per heavy atom. The van der Waals surface area contributed by atoms with Gasteiger partial charge in [0.2, 0.25) is 0 Å². The first-order valence-electron chi connectivity index (χ1n) is 7.23. The fourth-order valence-corrected chi connectivity index (χ4v) is 2.85. The number of hydrogen-bond donors (Lipinski definition) is 1. The van der Waals surface area contributed by atoms with Crippen molar-refractivity contribution in [2.24, 2.45) is 0 Å². The molecule has 3 aromatic heterocycles. The Morgan fingerprint density at radius 1 is 1.14 bits per heavy atom. The van der Waals surface area contributed by atoms with Gasteiger partial charge in [-0.1, -0.05) is 19.9 Å². The van der Waals surface area contributed by atoms with Gasteiger partial charge in [0.15, 0.2) is 5.76 Å². The maximum atomic E-state index is 11.9. The minimum atomic E-state index is -0.219. The molecule has 116 valence electrons. The first kappa shape index (κ1) is 16.1. The van der Waals surface area contributed by atoms with Crippen LogP contribution in [0.3, 0.4) is 0 Å². The molecule has 1 N–H and O–H groups in total. The van der Waals surface area contributed by atoms with Gasteiger partial charge in [-0.15, -0.1) is 11.3 Å². The highest BCUT2D eigenvalue weighted by molar-refractivity contribution is 7.10. The van der Waals surface area contributed by atoms with E-state index in [-0.39, 0.29) is 11.8 Å². The van der Waals surface area contributed by atoms with E-state index in [9.17, 15) is 4.79 Å². The van der Waals surface area contributed by atoms with Crippen molar-refractivity contribution >= 4 is 17.2 Å². The number of hydrogen-bond acceptors (Lipinski definition) is 4. The van der Waals surface area contributed by atoms with Crippen molar-refractivity contribution < 1.29 is 13.6 Å². The lowest BCUT2D eigenvalue weighted by atomic mass is 10.0. The Morgan fingerprint density at radius 3 is 2.50 bits per heavy atom. The predicted molar refractivity (Wildman–Crippen MR) is 87.3 cm³/mol. The molecule has 1 unspecified atom stereocenters. The second kappa shape index (κ2) is 8.24. The highest BCUT2D eigenvalue weighted by Gasteiger charge is 2.19. The number of nitrogens with one attached hydrogen (secondary N) is 1. The molecule has 5 heteroatoms. The van der Waals surface area contributed by atoms with E-state index in [0.29, 0.717) is 12.3 Å². The van der Waals surface area contributed by atoms with Gasteiger partial charge in [0.05, 0.1) is 18.4 Å². The van der Waals surface area contributed by atoms with Gasteiger partial charge in [0, 0.05) is 11.4 Å². The van der Waals surface area contributed by atoms with Gasteiger partial charge in [0.1, 0.15) is 5.76 Å². The number of carbonyl (C=O) groups is 1. The van der Waals surface area contributed by atoms with Gasteiger partial charge in [-0.3, -0.25) is 4.79 Å². The molecule has 0 bridgehead atoms. The molecular weight excluding hydrogens is 298 g/mol. The Hall–Kier alpha value is -2.27. The quantitative estimate of drug-likeness (QED) is 0.752. The average Bonchev–Trinajstić information content (AvgIpc) is 3.31. The zero-order chi connectivity index (χ0) is 15.8. The summed E-state index contributed by atoms with van der Waals surface area (Å²) >= 11 is 1.64. The molecule has 0 spiro atoms. The molecule has 0 fully saturated rings. The van der Waals surface area contributed by atoms with Crippen molar-refractivity contribution in [1.82, 2.24) is 5.32 Å². The van der Waals surface area contributed by atoms with E-state index in [0.717, 1.165) is 10.6 Å². The van der Waals surface area contributed by atoms with E-state index >= 15 is 0 Å². The third kappa shape index (κ3) is 3.89. The van der Waals surface area contributed by atoms with Crippen LogP contribution in [0.2, 0.25) is 0 Å². The summed E-state index contributed by atoms with van der Waals surface area (Å²) < 4.78 is 10.6. The molecule has 22 heavy (non-hydrogen) atoms. The topological polar surface area (TPSA) is 55.4 Å². The zero-order valence-corrected chi connectivity index (χ0v) is 13.4. The van der Waals surface area contributed by atoms with E-state index < -0.39 is 0 Å². The SMILES string of the molecule is CC.O=C(NCC(c1ccco1)c1cccs1)c1ccco1.